The van der Waals surface area contributed by atoms with Crippen LogP contribution in [0.5, 0.6) is 23.0 Å². The quantitative estimate of drug-likeness (QED) is 0.278. The van der Waals surface area contributed by atoms with Crippen molar-refractivity contribution in [2.24, 2.45) is 0 Å². The Hall–Kier alpha value is -3.35. The lowest BCUT2D eigenvalue weighted by Gasteiger charge is -2.40. The molecule has 2 unspecified atom stereocenters. The highest BCUT2D eigenvalue weighted by Gasteiger charge is 2.46. The topological polar surface area (TPSA) is 190 Å². The first kappa shape index (κ1) is 22.8. The number of hydrogen-bond donors (Lipinski definition) is 7. The fourth-order valence-corrected chi connectivity index (χ4v) is 3.91. The predicted molar refractivity (Wildman–Crippen MR) is 112 cm³/mol. The van der Waals surface area contributed by atoms with E-state index < -0.39 is 54.1 Å². The van der Waals surface area contributed by atoms with Crippen molar-refractivity contribution in [2.45, 2.75) is 30.5 Å². The highest BCUT2D eigenvalue weighted by molar-refractivity contribution is 5.89. The maximum absolute atomic E-state index is 12.9. The lowest BCUT2D eigenvalue weighted by molar-refractivity contribution is -0.231. The molecule has 3 aromatic rings. The lowest BCUT2D eigenvalue weighted by Crippen LogP contribution is -2.55. The molecule has 0 spiro atoms. The summed E-state index contributed by atoms with van der Waals surface area (Å²) in [5.41, 5.74) is -0.997. The smallest absolute Gasteiger partial charge is 0.197 e. The van der Waals surface area contributed by atoms with Gasteiger partial charge in [-0.3, -0.25) is 4.79 Å². The zero-order valence-electron chi connectivity index (χ0n) is 17.2. The van der Waals surface area contributed by atoms with Gasteiger partial charge in [0.2, 0.25) is 0 Å². The van der Waals surface area contributed by atoms with Crippen LogP contribution in [0.25, 0.3) is 22.3 Å². The van der Waals surface area contributed by atoms with Gasteiger partial charge in [0.25, 0.3) is 0 Å². The van der Waals surface area contributed by atoms with Gasteiger partial charge in [-0.25, -0.2) is 0 Å². The third-order valence-corrected chi connectivity index (χ3v) is 5.64. The number of phenols is 3. The van der Waals surface area contributed by atoms with Gasteiger partial charge in [-0.1, -0.05) is 0 Å². The Labute approximate surface area is 185 Å². The lowest BCUT2D eigenvalue weighted by atomic mass is 9.89. The summed E-state index contributed by atoms with van der Waals surface area (Å²) in [6.45, 7) is -0.708. The summed E-state index contributed by atoms with van der Waals surface area (Å²) >= 11 is 0. The maximum atomic E-state index is 12.9. The molecule has 1 aliphatic rings. The fraction of sp³-hybridized carbons (Fsp3) is 0.318. The van der Waals surface area contributed by atoms with Crippen LogP contribution in [0.1, 0.15) is 11.7 Å². The number of ether oxygens (including phenoxy) is 2. The molecular formula is C22H22O11. The van der Waals surface area contributed by atoms with Gasteiger partial charge in [0.1, 0.15) is 53.2 Å². The number of aromatic hydroxyl groups is 3. The molecule has 0 bridgehead atoms. The van der Waals surface area contributed by atoms with Gasteiger partial charge >= 0.3 is 0 Å². The van der Waals surface area contributed by atoms with Gasteiger partial charge in [-0.2, -0.15) is 0 Å². The molecule has 1 aromatic heterocycles. The van der Waals surface area contributed by atoms with E-state index in [2.05, 4.69) is 0 Å². The molecule has 2 heterocycles. The van der Waals surface area contributed by atoms with Crippen LogP contribution in [0, 0.1) is 0 Å². The summed E-state index contributed by atoms with van der Waals surface area (Å²) in [7, 11) is 1.34. The number of methoxy groups -OCH3 is 1. The predicted octanol–water partition coefficient (Wildman–Crippen LogP) is 0.100. The minimum Gasteiger partial charge on any atom is -0.507 e. The van der Waals surface area contributed by atoms with Crippen LogP contribution in [0.3, 0.4) is 0 Å². The molecule has 4 rings (SSSR count). The van der Waals surface area contributed by atoms with E-state index in [1.165, 1.54) is 25.3 Å². The van der Waals surface area contributed by atoms with Gasteiger partial charge in [-0.05, 0) is 18.2 Å². The van der Waals surface area contributed by atoms with Gasteiger partial charge in [0, 0.05) is 17.7 Å². The monoisotopic (exact) mass is 462 g/mol. The Morgan fingerprint density at radius 2 is 1.67 bits per heavy atom. The van der Waals surface area contributed by atoms with Crippen molar-refractivity contribution in [2.75, 3.05) is 13.7 Å². The average molecular weight is 462 g/mol. The second-order valence-corrected chi connectivity index (χ2v) is 7.64. The Morgan fingerprint density at radius 1 is 0.939 bits per heavy atom. The molecule has 0 radical (unpaired) electrons. The van der Waals surface area contributed by atoms with Gasteiger partial charge in [0.15, 0.2) is 22.5 Å². The van der Waals surface area contributed by atoms with Crippen LogP contribution < -0.4 is 10.2 Å². The van der Waals surface area contributed by atoms with Crippen LogP contribution >= 0.6 is 0 Å². The molecule has 2 aromatic carbocycles. The van der Waals surface area contributed by atoms with Crippen molar-refractivity contribution in [3.05, 3.63) is 46.1 Å². The van der Waals surface area contributed by atoms with Crippen LogP contribution in [0.15, 0.2) is 39.5 Å². The Kier molecular flexibility index (Phi) is 5.91. The molecule has 176 valence electrons. The summed E-state index contributed by atoms with van der Waals surface area (Å²) in [6.07, 6.45) is -7.98. The van der Waals surface area contributed by atoms with E-state index in [1.807, 2.05) is 0 Å². The molecule has 33 heavy (non-hydrogen) atoms. The number of benzene rings is 2. The first-order valence-corrected chi connectivity index (χ1v) is 9.88. The Morgan fingerprint density at radius 3 is 2.33 bits per heavy atom. The van der Waals surface area contributed by atoms with Crippen molar-refractivity contribution in [3.8, 4) is 34.3 Å². The van der Waals surface area contributed by atoms with Crippen molar-refractivity contribution < 1.29 is 49.6 Å². The first-order valence-electron chi connectivity index (χ1n) is 9.88. The summed E-state index contributed by atoms with van der Waals surface area (Å²) < 4.78 is 16.4. The van der Waals surface area contributed by atoms with Crippen molar-refractivity contribution in [1.29, 1.82) is 0 Å². The number of rotatable bonds is 4. The van der Waals surface area contributed by atoms with Gasteiger partial charge < -0.3 is 49.6 Å². The Balaban J connectivity index is 1.97. The number of phenolic OH excluding ortho intramolecular Hbond substituents is 3. The first-order chi connectivity index (χ1) is 15.7. The molecule has 11 heteroatoms. The molecular weight excluding hydrogens is 440 g/mol. The normalized spacial score (nSPS) is 25.3. The van der Waals surface area contributed by atoms with Crippen LogP contribution in [-0.4, -0.2) is 73.9 Å². The van der Waals surface area contributed by atoms with E-state index in [9.17, 15) is 40.5 Å². The minimum atomic E-state index is -1.77. The van der Waals surface area contributed by atoms with Crippen molar-refractivity contribution in [1.82, 2.24) is 0 Å². The number of aliphatic hydroxyl groups excluding tert-OH is 4. The van der Waals surface area contributed by atoms with E-state index in [4.69, 9.17) is 13.9 Å². The van der Waals surface area contributed by atoms with Gasteiger partial charge in [-0.15, -0.1) is 0 Å². The molecule has 0 saturated carbocycles. The van der Waals surface area contributed by atoms with Crippen LogP contribution in [0.2, 0.25) is 0 Å². The fourth-order valence-electron chi connectivity index (χ4n) is 3.91. The van der Waals surface area contributed by atoms with E-state index in [-0.39, 0.29) is 33.8 Å². The van der Waals surface area contributed by atoms with Gasteiger partial charge in [0.05, 0.1) is 19.3 Å². The summed E-state index contributed by atoms with van der Waals surface area (Å²) in [4.78, 5) is 12.9. The third kappa shape index (κ3) is 3.75. The molecule has 0 amide bonds. The number of hydrogen-bond acceptors (Lipinski definition) is 11. The largest absolute Gasteiger partial charge is 0.507 e. The van der Waals surface area contributed by atoms with Crippen LogP contribution in [-0.2, 0) is 4.74 Å². The minimum absolute atomic E-state index is 0.0263. The van der Waals surface area contributed by atoms with E-state index >= 15 is 0 Å². The highest BCUT2D eigenvalue weighted by atomic mass is 16.5. The maximum Gasteiger partial charge on any atom is 0.197 e. The van der Waals surface area contributed by atoms with Crippen LogP contribution in [0.4, 0.5) is 0 Å². The zero-order valence-corrected chi connectivity index (χ0v) is 17.2. The molecule has 0 aliphatic carbocycles. The van der Waals surface area contributed by atoms with Crippen molar-refractivity contribution in [3.63, 3.8) is 0 Å². The summed E-state index contributed by atoms with van der Waals surface area (Å²) in [6, 6.07) is 6.10. The second kappa shape index (κ2) is 8.54. The average Bonchev–Trinajstić information content (AvgIpc) is 2.78. The van der Waals surface area contributed by atoms with E-state index in [0.717, 1.165) is 12.1 Å². The molecule has 5 atom stereocenters. The summed E-state index contributed by atoms with van der Waals surface area (Å²) in [5, 5.41) is 70.6. The molecule has 1 fully saturated rings. The molecule has 1 aliphatic heterocycles. The third-order valence-electron chi connectivity index (χ3n) is 5.64. The van der Waals surface area contributed by atoms with Crippen molar-refractivity contribution >= 4 is 11.0 Å². The van der Waals surface area contributed by atoms with E-state index in [1.54, 1.807) is 0 Å². The number of fused-ring (bicyclic) bond motifs is 1. The zero-order chi connectivity index (χ0) is 24.0. The molecule has 1 saturated heterocycles. The summed E-state index contributed by atoms with van der Waals surface area (Å²) in [5.74, 6) is -1.29. The molecule has 7 N–H and O–H groups in total. The molecule has 11 nitrogen and oxygen atoms in total. The van der Waals surface area contributed by atoms with E-state index in [0.29, 0.717) is 5.56 Å². The number of aliphatic hydroxyl groups is 4. The standard InChI is InChI=1S/C22H22O11/c1-31-14-4-8(2-3-9(14)24)13-6-12(27)16-10(25)5-11(26)17(21(16)32-13)22-20(30)19(29)18(28)15(7-23)33-22/h2-6,15,18-20,22-26,28-30H,7H2,1H3/t15?,18-,19+,20?,22-/m1/s1. The Bertz CT molecular complexity index is 1250. The highest BCUT2D eigenvalue weighted by Crippen LogP contribution is 2.44. The second-order valence-electron chi connectivity index (χ2n) is 7.64. The SMILES string of the molecule is COc1cc(-c2cc(=O)c3c(O)cc(O)c([C@H]4OC(CO)[C@@H](O)[C@H](O)C4O)c3o2)ccc1O.